The molecule has 0 aromatic carbocycles. The van der Waals surface area contributed by atoms with E-state index in [1.165, 1.54) is 0 Å². The number of carbonyl (C=O) groups excluding carboxylic acids is 4. The summed E-state index contributed by atoms with van der Waals surface area (Å²) in [5, 5.41) is 25.8. The molecule has 0 radical (unpaired) electrons. The Morgan fingerprint density at radius 2 is 1.13 bits per heavy atom. The van der Waals surface area contributed by atoms with Crippen molar-refractivity contribution in [3.63, 3.8) is 0 Å². The highest BCUT2D eigenvalue weighted by atomic mass is 16.7. The average molecular weight is 865 g/mol. The third kappa shape index (κ3) is 11.8. The number of nitrogens with one attached hydrogen (secondary N) is 2. The molecule has 0 aromatic heterocycles. The number of fused-ring (bicyclic) bond motifs is 6. The molecule has 0 aromatic rings. The largest absolute Gasteiger partial charge is 0.481 e. The predicted molar refractivity (Wildman–Crippen MR) is 228 cm³/mol. The summed E-state index contributed by atoms with van der Waals surface area (Å²) in [6.45, 7) is 13.1. The molecule has 0 bridgehead atoms. The van der Waals surface area contributed by atoms with Crippen LogP contribution in [0.15, 0.2) is 47.6 Å². The molecule has 2 amide bonds. The zero-order valence-corrected chi connectivity index (χ0v) is 36.8. The number of amides is 2. The molecule has 342 valence electrons. The van der Waals surface area contributed by atoms with Gasteiger partial charge in [-0.05, 0) is 90.9 Å². The smallest absolute Gasteiger partial charge is 0.334 e. The van der Waals surface area contributed by atoms with Crippen LogP contribution in [0, 0.1) is 17.3 Å². The summed E-state index contributed by atoms with van der Waals surface area (Å²) in [7, 11) is 0. The summed E-state index contributed by atoms with van der Waals surface area (Å²) < 4.78 is 23.8. The molecule has 2 aliphatic carbocycles. The predicted octanol–water partition coefficient (Wildman–Crippen LogP) is 6.96. The number of hydrogen-bond donors (Lipinski definition) is 4. The van der Waals surface area contributed by atoms with Crippen molar-refractivity contribution in [2.75, 3.05) is 13.1 Å². The van der Waals surface area contributed by atoms with E-state index in [4.69, 9.17) is 24.1 Å². The highest BCUT2D eigenvalue weighted by molar-refractivity contribution is 5.91. The van der Waals surface area contributed by atoms with Gasteiger partial charge in [0.05, 0.1) is 23.0 Å². The van der Waals surface area contributed by atoms with E-state index in [0.29, 0.717) is 75.6 Å². The van der Waals surface area contributed by atoms with Crippen LogP contribution in [0.1, 0.15) is 149 Å². The number of carboxylic acid groups (broad SMARTS) is 2. The fourth-order valence-electron chi connectivity index (χ4n) is 10.3. The van der Waals surface area contributed by atoms with Crippen molar-refractivity contribution in [2.24, 2.45) is 17.3 Å². The molecule has 14 nitrogen and oxygen atoms in total. The van der Waals surface area contributed by atoms with E-state index in [1.54, 1.807) is 0 Å². The Morgan fingerprint density at radius 1 is 0.694 bits per heavy atom. The monoisotopic (exact) mass is 864 g/mol. The summed E-state index contributed by atoms with van der Waals surface area (Å²) >= 11 is 0. The Hall–Kier alpha value is -4.30. The van der Waals surface area contributed by atoms with Crippen LogP contribution in [-0.4, -0.2) is 94.6 Å². The van der Waals surface area contributed by atoms with Crippen molar-refractivity contribution in [3.8, 4) is 0 Å². The van der Waals surface area contributed by atoms with E-state index >= 15 is 0 Å². The number of carboxylic acids is 2. The number of hydrogen-bond acceptors (Lipinski definition) is 10. The fraction of sp³-hybridized carbons (Fsp3) is 0.708. The number of epoxide rings is 2. The van der Waals surface area contributed by atoms with Crippen LogP contribution in [0.25, 0.3) is 0 Å². The first-order valence-corrected chi connectivity index (χ1v) is 23.0. The van der Waals surface area contributed by atoms with Crippen molar-refractivity contribution >= 4 is 35.7 Å². The van der Waals surface area contributed by atoms with Gasteiger partial charge >= 0.3 is 23.9 Å². The van der Waals surface area contributed by atoms with Gasteiger partial charge in [-0.3, -0.25) is 19.2 Å². The molecule has 62 heavy (non-hydrogen) atoms. The molecule has 4 N–H and O–H groups in total. The van der Waals surface area contributed by atoms with Gasteiger partial charge in [0.15, 0.2) is 0 Å². The molecule has 14 heteroatoms. The van der Waals surface area contributed by atoms with Crippen LogP contribution < -0.4 is 10.6 Å². The van der Waals surface area contributed by atoms with E-state index in [1.807, 2.05) is 13.8 Å². The van der Waals surface area contributed by atoms with E-state index in [9.17, 15) is 33.9 Å². The maximum absolute atomic E-state index is 13.9. The lowest BCUT2D eigenvalue weighted by Crippen LogP contribution is -2.39. The molecule has 4 saturated heterocycles. The summed E-state index contributed by atoms with van der Waals surface area (Å²) in [4.78, 5) is 75.3. The van der Waals surface area contributed by atoms with E-state index < -0.39 is 52.7 Å². The Kier molecular flexibility index (Phi) is 15.6. The summed E-state index contributed by atoms with van der Waals surface area (Å²) in [6.07, 6.45) is 15.5. The molecule has 6 aliphatic rings. The number of allylic oxidation sites excluding steroid dienone is 4. The van der Waals surface area contributed by atoms with Crippen molar-refractivity contribution in [3.05, 3.63) is 47.6 Å². The normalized spacial score (nSPS) is 33.0. The number of aliphatic carboxylic acids is 2. The maximum Gasteiger partial charge on any atom is 0.334 e. The van der Waals surface area contributed by atoms with Crippen molar-refractivity contribution in [1.29, 1.82) is 0 Å². The quantitative estimate of drug-likeness (QED) is 0.0304. The first kappa shape index (κ1) is 47.2. The second-order valence-electron chi connectivity index (χ2n) is 19.1. The number of unbranched alkanes of at least 4 members (excludes halogenated alkanes) is 7. The van der Waals surface area contributed by atoms with Gasteiger partial charge < -0.3 is 39.8 Å². The van der Waals surface area contributed by atoms with Gasteiger partial charge in [0.1, 0.15) is 24.4 Å². The third-order valence-corrected chi connectivity index (χ3v) is 14.3. The highest BCUT2D eigenvalue weighted by Crippen LogP contribution is 2.52. The van der Waals surface area contributed by atoms with Crippen LogP contribution >= 0.6 is 0 Å². The number of esters is 2. The van der Waals surface area contributed by atoms with Crippen molar-refractivity contribution < 1.29 is 57.9 Å². The molecule has 0 unspecified atom stereocenters. The molecule has 4 fully saturated rings. The maximum atomic E-state index is 13.9. The van der Waals surface area contributed by atoms with Gasteiger partial charge in [0.2, 0.25) is 11.8 Å². The number of rotatable bonds is 21. The summed E-state index contributed by atoms with van der Waals surface area (Å²) in [5.74, 6) is -3.88. The van der Waals surface area contributed by atoms with Gasteiger partial charge in [0, 0.05) is 48.9 Å². The van der Waals surface area contributed by atoms with Gasteiger partial charge in [-0.15, -0.1) is 0 Å². The molecule has 0 spiro atoms. The number of ether oxygens (including phenoxy) is 4. The van der Waals surface area contributed by atoms with Crippen molar-refractivity contribution in [2.45, 2.75) is 184 Å². The zero-order valence-electron chi connectivity index (χ0n) is 36.8. The standard InChI is InChI=1S/C48H68N2O12/c1-30-34-19-17-32(15-13-23-46(3)41(61-46)39(34)59-43(30)55)27-48(45(57)58,28-33-16-14-24-47(4)42(62-47)40-35(20-18-33)31(2)44(56)60-40)29-37(52)50-26-12-10-8-6-5-7-9-11-25-49-36(51)21-22-38(53)54/h15-16,34-35,39-42H,1-2,5-14,17-29H2,3-4H3,(H,49,51)(H,50,52)(H,53,54)(H,57,58)/b32-15+,33-16+/t34-,35-,39-,40-,41-,42-,46+,47+/m0/s1. The number of carbonyl (C=O) groups is 6. The van der Waals surface area contributed by atoms with Crippen LogP contribution in [0.2, 0.25) is 0 Å². The lowest BCUT2D eigenvalue weighted by atomic mass is 9.70. The first-order chi connectivity index (χ1) is 29.5. The molecule has 4 heterocycles. The lowest BCUT2D eigenvalue weighted by molar-refractivity contribution is -0.152. The minimum absolute atomic E-state index is 0.00231. The average Bonchev–Trinajstić information content (AvgIpc) is 4.03. The van der Waals surface area contributed by atoms with Gasteiger partial charge in [-0.25, -0.2) is 9.59 Å². The topological polar surface area (TPSA) is 210 Å². The van der Waals surface area contributed by atoms with Crippen LogP contribution in [0.3, 0.4) is 0 Å². The molecule has 4 aliphatic heterocycles. The van der Waals surface area contributed by atoms with Crippen LogP contribution in [-0.2, 0) is 47.7 Å². The Bertz CT molecular complexity index is 1730. The molecular formula is C48H68N2O12. The summed E-state index contributed by atoms with van der Waals surface area (Å²) in [5.41, 5.74) is 0.348. The lowest BCUT2D eigenvalue weighted by Gasteiger charge is -2.33. The Labute approximate surface area is 365 Å². The van der Waals surface area contributed by atoms with Gasteiger partial charge in [-0.1, -0.05) is 75.0 Å². The first-order valence-electron chi connectivity index (χ1n) is 23.0. The molecule has 0 saturated carbocycles. The fourth-order valence-corrected chi connectivity index (χ4v) is 10.3. The van der Waals surface area contributed by atoms with E-state index in [0.717, 1.165) is 62.5 Å². The third-order valence-electron chi connectivity index (χ3n) is 14.3. The summed E-state index contributed by atoms with van der Waals surface area (Å²) in [6, 6.07) is 0. The Morgan fingerprint density at radius 3 is 1.56 bits per heavy atom. The zero-order chi connectivity index (χ0) is 44.7. The minimum atomic E-state index is -1.46. The molecule has 6 rings (SSSR count). The second kappa shape index (κ2) is 20.5. The van der Waals surface area contributed by atoms with E-state index in [-0.39, 0.29) is 68.0 Å². The van der Waals surface area contributed by atoms with Crippen molar-refractivity contribution in [1.82, 2.24) is 10.6 Å². The van der Waals surface area contributed by atoms with Gasteiger partial charge in [0.25, 0.3) is 0 Å². The minimum Gasteiger partial charge on any atom is -0.481 e. The SMILES string of the molecule is C=C1C(=O)O[C@H]2[C@H]1CC/C(CC(CC(=O)NCCCCCCCCCCNC(=O)CCC(=O)O)(C/C1=C/CC[C@@]3(C)O[C@H]3[C@H]3OC(=O)C(=C)[C@@H]3CC1)C(=O)O)=C\CC[C@@]1(C)O[C@@H]21. The van der Waals surface area contributed by atoms with Crippen LogP contribution in [0.5, 0.6) is 0 Å². The highest BCUT2D eigenvalue weighted by Gasteiger charge is 2.62. The van der Waals surface area contributed by atoms with Gasteiger partial charge in [-0.2, -0.15) is 0 Å². The molecular weight excluding hydrogens is 797 g/mol. The Balaban J connectivity index is 1.08. The van der Waals surface area contributed by atoms with E-state index in [2.05, 4.69) is 35.9 Å². The van der Waals surface area contributed by atoms with Crippen LogP contribution in [0.4, 0.5) is 0 Å². The molecule has 8 atom stereocenters. The second-order valence-corrected chi connectivity index (χ2v) is 19.1.